The van der Waals surface area contributed by atoms with Gasteiger partial charge in [-0.2, -0.15) is 0 Å². The highest BCUT2D eigenvalue weighted by atomic mass is 16.7. The first kappa shape index (κ1) is 28.4. The molecule has 3 aromatic rings. The molecule has 0 atom stereocenters. The molecule has 0 amide bonds. The van der Waals surface area contributed by atoms with E-state index in [9.17, 15) is 4.79 Å². The van der Waals surface area contributed by atoms with Crippen LogP contribution in [0.25, 0.3) is 11.1 Å². The predicted molar refractivity (Wildman–Crippen MR) is 165 cm³/mol. The van der Waals surface area contributed by atoms with E-state index in [0.717, 1.165) is 77.8 Å². The van der Waals surface area contributed by atoms with Crippen molar-refractivity contribution >= 4 is 17.1 Å². The van der Waals surface area contributed by atoms with E-state index in [0.29, 0.717) is 12.4 Å². The molecule has 2 aliphatic carbocycles. The van der Waals surface area contributed by atoms with Gasteiger partial charge in [-0.25, -0.2) is 0 Å². The van der Waals surface area contributed by atoms with Crippen LogP contribution in [0.1, 0.15) is 75.0 Å². The van der Waals surface area contributed by atoms with Crippen LogP contribution < -0.4 is 24.3 Å². The van der Waals surface area contributed by atoms with Crippen molar-refractivity contribution in [3.63, 3.8) is 0 Å². The monoisotopic (exact) mass is 567 g/mol. The Balaban J connectivity index is 1.21. The van der Waals surface area contributed by atoms with Crippen LogP contribution >= 0.6 is 0 Å². The minimum Gasteiger partial charge on any atom is -0.492 e. The van der Waals surface area contributed by atoms with Gasteiger partial charge >= 0.3 is 5.97 Å². The third-order valence-corrected chi connectivity index (χ3v) is 8.50. The second-order valence-electron chi connectivity index (χ2n) is 11.6. The number of hydrogen-bond acceptors (Lipinski definition) is 6. The highest BCUT2D eigenvalue weighted by Crippen LogP contribution is 2.40. The number of carbonyl (C=O) groups excluding carboxylic acids is 1. The molecule has 220 valence electrons. The Bertz CT molecular complexity index is 1390. The van der Waals surface area contributed by atoms with E-state index in [4.69, 9.17) is 18.9 Å². The van der Waals surface area contributed by atoms with E-state index >= 15 is 0 Å². The van der Waals surface area contributed by atoms with Gasteiger partial charge in [0.15, 0.2) is 11.5 Å². The first-order chi connectivity index (χ1) is 20.7. The molecule has 1 N–H and O–H groups in total. The zero-order chi connectivity index (χ0) is 28.7. The Morgan fingerprint density at radius 3 is 2.17 bits per heavy atom. The first-order valence-electron chi connectivity index (χ1n) is 15.6. The van der Waals surface area contributed by atoms with Gasteiger partial charge in [-0.05, 0) is 109 Å². The average Bonchev–Trinajstić information content (AvgIpc) is 3.78. The second-order valence-corrected chi connectivity index (χ2v) is 11.6. The minimum atomic E-state index is -0.132. The highest BCUT2D eigenvalue weighted by Gasteiger charge is 2.31. The summed E-state index contributed by atoms with van der Waals surface area (Å²) in [7, 11) is 0. The Kier molecular flexibility index (Phi) is 9.09. The van der Waals surface area contributed by atoms with Gasteiger partial charge in [0.05, 0.1) is 5.92 Å². The Labute approximate surface area is 249 Å². The summed E-state index contributed by atoms with van der Waals surface area (Å²) in [4.78, 5) is 12.2. The van der Waals surface area contributed by atoms with Gasteiger partial charge in [0.1, 0.15) is 18.1 Å². The van der Waals surface area contributed by atoms with Crippen molar-refractivity contribution in [2.75, 3.05) is 26.5 Å². The summed E-state index contributed by atoms with van der Waals surface area (Å²) >= 11 is 0. The number of esters is 1. The van der Waals surface area contributed by atoms with E-state index in [2.05, 4.69) is 48.6 Å². The van der Waals surface area contributed by atoms with Crippen LogP contribution in [0.4, 0.5) is 0 Å². The van der Waals surface area contributed by atoms with Crippen LogP contribution in [0.15, 0.2) is 66.7 Å². The zero-order valence-electron chi connectivity index (χ0n) is 24.5. The standard InChI is InChI=1S/C36H41NO5/c1-2-32(29-14-19-33-34(22-29)41-24-40-33)35(27-12-17-31(18-13-27)42-36(38)28-8-9-28)26-10-15-30(16-11-26)39-21-20-37-23-25-6-4-3-5-7-25/h10-19,22,25,28,37H,2-9,20-21,23-24H2,1H3. The van der Waals surface area contributed by atoms with Gasteiger partial charge < -0.3 is 24.3 Å². The largest absolute Gasteiger partial charge is 0.492 e. The highest BCUT2D eigenvalue weighted by molar-refractivity contribution is 5.99. The van der Waals surface area contributed by atoms with E-state index in [1.165, 1.54) is 37.7 Å². The molecule has 2 fully saturated rings. The number of rotatable bonds is 12. The molecule has 6 heteroatoms. The molecular formula is C36H41NO5. The van der Waals surface area contributed by atoms with Crippen LogP contribution in [0.2, 0.25) is 0 Å². The normalized spacial score (nSPS) is 17.1. The van der Waals surface area contributed by atoms with Gasteiger partial charge in [0.2, 0.25) is 6.79 Å². The molecule has 6 rings (SSSR count). The smallest absolute Gasteiger partial charge is 0.314 e. The lowest BCUT2D eigenvalue weighted by Gasteiger charge is -2.21. The molecule has 42 heavy (non-hydrogen) atoms. The molecule has 0 radical (unpaired) electrons. The summed E-state index contributed by atoms with van der Waals surface area (Å²) in [5.74, 6) is 3.73. The third-order valence-electron chi connectivity index (χ3n) is 8.50. The molecule has 0 unspecified atom stereocenters. The predicted octanol–water partition coefficient (Wildman–Crippen LogP) is 7.65. The van der Waals surface area contributed by atoms with Crippen LogP contribution in [-0.2, 0) is 4.79 Å². The van der Waals surface area contributed by atoms with Crippen molar-refractivity contribution in [1.29, 1.82) is 0 Å². The van der Waals surface area contributed by atoms with Gasteiger partial charge in [0.25, 0.3) is 0 Å². The van der Waals surface area contributed by atoms with Crippen LogP contribution in [0.3, 0.4) is 0 Å². The number of carbonyl (C=O) groups is 1. The first-order valence-corrected chi connectivity index (χ1v) is 15.6. The van der Waals surface area contributed by atoms with E-state index < -0.39 is 0 Å². The number of fused-ring (bicyclic) bond motifs is 1. The maximum absolute atomic E-state index is 12.2. The summed E-state index contributed by atoms with van der Waals surface area (Å²) < 4.78 is 22.9. The quantitative estimate of drug-likeness (QED) is 0.105. The Morgan fingerprint density at radius 2 is 1.48 bits per heavy atom. The molecule has 2 saturated carbocycles. The molecular weight excluding hydrogens is 526 g/mol. The molecule has 1 heterocycles. The van der Waals surface area contributed by atoms with Crippen molar-refractivity contribution in [1.82, 2.24) is 5.32 Å². The molecule has 0 saturated heterocycles. The number of hydrogen-bond donors (Lipinski definition) is 1. The maximum atomic E-state index is 12.2. The number of allylic oxidation sites excluding steroid dienone is 1. The summed E-state index contributed by atoms with van der Waals surface area (Å²) in [5, 5.41) is 3.58. The van der Waals surface area contributed by atoms with E-state index in [1.54, 1.807) is 0 Å². The van der Waals surface area contributed by atoms with Gasteiger partial charge in [-0.3, -0.25) is 4.79 Å². The summed E-state index contributed by atoms with van der Waals surface area (Å²) in [6.07, 6.45) is 9.52. The van der Waals surface area contributed by atoms with Crippen molar-refractivity contribution in [2.45, 2.75) is 58.3 Å². The van der Waals surface area contributed by atoms with Crippen molar-refractivity contribution in [3.05, 3.63) is 83.4 Å². The molecule has 0 spiro atoms. The van der Waals surface area contributed by atoms with E-state index in [-0.39, 0.29) is 18.7 Å². The minimum absolute atomic E-state index is 0.0613. The Hall–Kier alpha value is -3.77. The lowest BCUT2D eigenvalue weighted by Crippen LogP contribution is -2.28. The van der Waals surface area contributed by atoms with Crippen molar-refractivity contribution < 1.29 is 23.7 Å². The fraction of sp³-hybridized carbons (Fsp3) is 0.417. The molecule has 0 bridgehead atoms. The van der Waals surface area contributed by atoms with Crippen LogP contribution in [-0.4, -0.2) is 32.5 Å². The summed E-state index contributed by atoms with van der Waals surface area (Å²) in [5.41, 5.74) is 5.55. The fourth-order valence-electron chi connectivity index (χ4n) is 5.99. The molecule has 0 aromatic heterocycles. The molecule has 3 aromatic carbocycles. The molecule has 1 aliphatic heterocycles. The average molecular weight is 568 g/mol. The molecule has 3 aliphatic rings. The Morgan fingerprint density at radius 1 is 0.810 bits per heavy atom. The zero-order valence-corrected chi connectivity index (χ0v) is 24.5. The lowest BCUT2D eigenvalue weighted by atomic mass is 9.88. The third kappa shape index (κ3) is 6.99. The summed E-state index contributed by atoms with van der Waals surface area (Å²) in [6.45, 7) is 5.01. The van der Waals surface area contributed by atoms with E-state index in [1.807, 2.05) is 30.3 Å². The van der Waals surface area contributed by atoms with Crippen molar-refractivity contribution in [2.24, 2.45) is 11.8 Å². The van der Waals surface area contributed by atoms with Crippen LogP contribution in [0, 0.1) is 11.8 Å². The van der Waals surface area contributed by atoms with Crippen LogP contribution in [0.5, 0.6) is 23.0 Å². The second kappa shape index (κ2) is 13.5. The summed E-state index contributed by atoms with van der Waals surface area (Å²) in [6, 6.07) is 22.3. The number of ether oxygens (including phenoxy) is 4. The topological polar surface area (TPSA) is 66.0 Å². The molecule has 6 nitrogen and oxygen atoms in total. The van der Waals surface area contributed by atoms with Gasteiger partial charge in [-0.1, -0.05) is 56.5 Å². The number of benzene rings is 3. The van der Waals surface area contributed by atoms with Gasteiger partial charge in [-0.15, -0.1) is 0 Å². The fourth-order valence-corrected chi connectivity index (χ4v) is 5.99. The van der Waals surface area contributed by atoms with Gasteiger partial charge in [0, 0.05) is 6.54 Å². The number of nitrogens with one attached hydrogen (secondary N) is 1. The maximum Gasteiger partial charge on any atom is 0.314 e. The SMILES string of the molecule is CCC(=C(c1ccc(OCCNCC2CCCCC2)cc1)c1ccc(OC(=O)C2CC2)cc1)c1ccc2c(c1)OCO2. The lowest BCUT2D eigenvalue weighted by molar-refractivity contribution is -0.135. The van der Waals surface area contributed by atoms with Crippen molar-refractivity contribution in [3.8, 4) is 23.0 Å².